The zero-order valence-electron chi connectivity index (χ0n) is 6.52. The maximum absolute atomic E-state index is 8.80. The van der Waals surface area contributed by atoms with E-state index in [1.165, 1.54) is 0 Å². The van der Waals surface area contributed by atoms with E-state index in [4.69, 9.17) is 19.7 Å². The molecule has 0 atom stereocenters. The second-order valence-corrected chi connectivity index (χ2v) is 1.79. The molecule has 1 rings (SSSR count). The molecule has 0 bridgehead atoms. The molecular formula is C8H9O4. The first kappa shape index (κ1) is 10.3. The summed E-state index contributed by atoms with van der Waals surface area (Å²) in [6, 6.07) is 6.57. The van der Waals surface area contributed by atoms with Gasteiger partial charge in [0, 0.05) is 0 Å². The van der Waals surface area contributed by atoms with E-state index in [2.05, 4.69) is 0 Å². The van der Waals surface area contributed by atoms with Crippen LogP contribution in [0.25, 0.3) is 0 Å². The highest BCUT2D eigenvalue weighted by Gasteiger charge is 1.87. The Morgan fingerprint density at radius 2 is 1.75 bits per heavy atom. The number of methoxy groups -OCH3 is 1. The second kappa shape index (κ2) is 6.03. The third-order valence-corrected chi connectivity index (χ3v) is 1.07. The SMILES string of the molecule is COc1ccc(O)cc1.O=[C]O. The van der Waals surface area contributed by atoms with Crippen LogP contribution >= 0.6 is 0 Å². The lowest BCUT2D eigenvalue weighted by atomic mass is 10.3. The van der Waals surface area contributed by atoms with E-state index in [1.54, 1.807) is 31.4 Å². The minimum atomic E-state index is 0.260. The zero-order valence-corrected chi connectivity index (χ0v) is 6.52. The van der Waals surface area contributed by atoms with Crippen molar-refractivity contribution in [2.24, 2.45) is 0 Å². The molecule has 4 heteroatoms. The van der Waals surface area contributed by atoms with E-state index < -0.39 is 0 Å². The first-order valence-corrected chi connectivity index (χ1v) is 3.09. The topological polar surface area (TPSA) is 66.8 Å². The Morgan fingerprint density at radius 1 is 1.33 bits per heavy atom. The van der Waals surface area contributed by atoms with Crippen molar-refractivity contribution >= 4 is 6.47 Å². The molecule has 0 spiro atoms. The van der Waals surface area contributed by atoms with E-state index in [1.807, 2.05) is 0 Å². The molecule has 0 aromatic heterocycles. The van der Waals surface area contributed by atoms with Crippen molar-refractivity contribution in [1.82, 2.24) is 0 Å². The first-order valence-electron chi connectivity index (χ1n) is 3.09. The van der Waals surface area contributed by atoms with Crippen molar-refractivity contribution in [2.45, 2.75) is 0 Å². The van der Waals surface area contributed by atoms with Crippen molar-refractivity contribution in [3.63, 3.8) is 0 Å². The predicted octanol–water partition coefficient (Wildman–Crippen LogP) is 1.01. The lowest BCUT2D eigenvalue weighted by molar-refractivity contribution is 0.412. The number of ether oxygens (including phenoxy) is 1. The second-order valence-electron chi connectivity index (χ2n) is 1.79. The van der Waals surface area contributed by atoms with Crippen LogP contribution in [-0.2, 0) is 4.79 Å². The van der Waals surface area contributed by atoms with Gasteiger partial charge in [-0.3, -0.25) is 0 Å². The molecule has 65 valence electrons. The molecule has 0 fully saturated rings. The van der Waals surface area contributed by atoms with Crippen LogP contribution in [0.2, 0.25) is 0 Å². The van der Waals surface area contributed by atoms with Crippen LogP contribution < -0.4 is 4.74 Å². The van der Waals surface area contributed by atoms with Gasteiger partial charge in [0.1, 0.15) is 11.5 Å². The van der Waals surface area contributed by atoms with Crippen LogP contribution in [0.15, 0.2) is 24.3 Å². The Hall–Kier alpha value is -1.71. The van der Waals surface area contributed by atoms with E-state index in [9.17, 15) is 0 Å². The van der Waals surface area contributed by atoms with Gasteiger partial charge < -0.3 is 14.9 Å². The van der Waals surface area contributed by atoms with Gasteiger partial charge >= 0.3 is 6.47 Å². The summed E-state index contributed by atoms with van der Waals surface area (Å²) in [5.74, 6) is 1.02. The summed E-state index contributed by atoms with van der Waals surface area (Å²) >= 11 is 0. The lowest BCUT2D eigenvalue weighted by Crippen LogP contribution is -1.79. The Bertz CT molecular complexity index is 217. The minimum Gasteiger partial charge on any atom is -0.508 e. The Labute approximate surface area is 70.0 Å². The molecule has 12 heavy (non-hydrogen) atoms. The van der Waals surface area contributed by atoms with E-state index >= 15 is 0 Å². The first-order chi connectivity index (χ1) is 5.74. The molecule has 0 aliphatic heterocycles. The van der Waals surface area contributed by atoms with Crippen molar-refractivity contribution in [3.05, 3.63) is 24.3 Å². The number of benzene rings is 1. The molecule has 0 unspecified atom stereocenters. The molecule has 0 saturated heterocycles. The molecule has 1 aromatic rings. The number of aliphatic hydroxyl groups excluding tert-OH is 1. The highest BCUT2D eigenvalue weighted by atomic mass is 16.5. The summed E-state index contributed by atoms with van der Waals surface area (Å²) in [6.45, 7) is 0.500. The minimum absolute atomic E-state index is 0.260. The van der Waals surface area contributed by atoms with Gasteiger partial charge in [-0.05, 0) is 24.3 Å². The van der Waals surface area contributed by atoms with Crippen molar-refractivity contribution < 1.29 is 19.7 Å². The summed E-state index contributed by atoms with van der Waals surface area (Å²) in [6.07, 6.45) is 0. The molecule has 4 nitrogen and oxygen atoms in total. The summed E-state index contributed by atoms with van der Waals surface area (Å²) in [5, 5.41) is 15.6. The monoisotopic (exact) mass is 169 g/mol. The number of rotatable bonds is 1. The maximum Gasteiger partial charge on any atom is 0.414 e. The molecule has 0 heterocycles. The summed E-state index contributed by atoms with van der Waals surface area (Å²) in [5.41, 5.74) is 0. The number of aromatic hydroxyl groups is 1. The molecule has 0 saturated carbocycles. The van der Waals surface area contributed by atoms with Crippen LogP contribution in [0.3, 0.4) is 0 Å². The normalized spacial score (nSPS) is 7.75. The third-order valence-electron chi connectivity index (χ3n) is 1.07. The van der Waals surface area contributed by atoms with Gasteiger partial charge in [0.05, 0.1) is 7.11 Å². The van der Waals surface area contributed by atoms with Crippen LogP contribution in [-0.4, -0.2) is 23.8 Å². The maximum atomic E-state index is 8.80. The lowest BCUT2D eigenvalue weighted by Gasteiger charge is -1.96. The number of phenols is 1. The van der Waals surface area contributed by atoms with E-state index in [0.717, 1.165) is 5.75 Å². The molecule has 0 aliphatic rings. The molecular weight excluding hydrogens is 160 g/mol. The summed E-state index contributed by atoms with van der Waals surface area (Å²) < 4.78 is 4.86. The fourth-order valence-electron chi connectivity index (χ4n) is 0.582. The van der Waals surface area contributed by atoms with Gasteiger partial charge in [0.2, 0.25) is 0 Å². The zero-order chi connectivity index (χ0) is 9.40. The predicted molar refractivity (Wildman–Crippen MR) is 43.0 cm³/mol. The van der Waals surface area contributed by atoms with Gasteiger partial charge in [0.15, 0.2) is 0 Å². The van der Waals surface area contributed by atoms with E-state index in [0.29, 0.717) is 6.47 Å². The smallest absolute Gasteiger partial charge is 0.414 e. The number of hydrogen-bond acceptors (Lipinski definition) is 3. The van der Waals surface area contributed by atoms with Crippen molar-refractivity contribution in [2.75, 3.05) is 7.11 Å². The summed E-state index contributed by atoms with van der Waals surface area (Å²) in [7, 11) is 1.59. The van der Waals surface area contributed by atoms with Gasteiger partial charge in [-0.2, -0.15) is 0 Å². The largest absolute Gasteiger partial charge is 0.508 e. The quantitative estimate of drug-likeness (QED) is 0.658. The Morgan fingerprint density at radius 3 is 2.08 bits per heavy atom. The van der Waals surface area contributed by atoms with Gasteiger partial charge in [0.25, 0.3) is 0 Å². The molecule has 1 aromatic carbocycles. The summed E-state index contributed by atoms with van der Waals surface area (Å²) in [4.78, 5) is 8.24. The van der Waals surface area contributed by atoms with Crippen molar-refractivity contribution in [1.29, 1.82) is 0 Å². The van der Waals surface area contributed by atoms with Gasteiger partial charge in [-0.15, -0.1) is 0 Å². The molecule has 2 N–H and O–H groups in total. The fraction of sp³-hybridized carbons (Fsp3) is 0.125. The standard InChI is InChI=1S/C7H8O2.CHO2/c1-9-7-4-2-6(8)3-5-7;2-1-3/h2-5,8H,1H3;(H,2,3). The highest BCUT2D eigenvalue weighted by Crippen LogP contribution is 2.14. The Kier molecular flexibility index (Phi) is 5.17. The third kappa shape index (κ3) is 4.16. The van der Waals surface area contributed by atoms with Crippen LogP contribution in [0.1, 0.15) is 0 Å². The van der Waals surface area contributed by atoms with E-state index in [-0.39, 0.29) is 5.75 Å². The van der Waals surface area contributed by atoms with Crippen LogP contribution in [0.5, 0.6) is 11.5 Å². The van der Waals surface area contributed by atoms with Crippen LogP contribution in [0, 0.1) is 0 Å². The Balaban J connectivity index is 0.000000354. The molecule has 1 radical (unpaired) electrons. The average Bonchev–Trinajstić information content (AvgIpc) is 2.07. The number of phenolic OH excluding ortho intramolecular Hbond substituents is 1. The van der Waals surface area contributed by atoms with Crippen LogP contribution in [0.4, 0.5) is 0 Å². The van der Waals surface area contributed by atoms with Gasteiger partial charge in [-0.1, -0.05) is 0 Å². The fourth-order valence-corrected chi connectivity index (χ4v) is 0.582. The van der Waals surface area contributed by atoms with Gasteiger partial charge in [-0.25, -0.2) is 4.79 Å². The molecule has 0 aliphatic carbocycles. The van der Waals surface area contributed by atoms with Crippen molar-refractivity contribution in [3.8, 4) is 11.5 Å². The number of hydrogen-bond donors (Lipinski definition) is 2. The average molecular weight is 169 g/mol. The molecule has 0 amide bonds. The highest BCUT2D eigenvalue weighted by molar-refractivity contribution is 5.34.